The lowest BCUT2D eigenvalue weighted by Gasteiger charge is -1.96. The molecule has 0 aliphatic rings. The summed E-state index contributed by atoms with van der Waals surface area (Å²) in [5.74, 6) is -0.897. The van der Waals surface area contributed by atoms with Crippen LogP contribution in [0.3, 0.4) is 0 Å². The highest BCUT2D eigenvalue weighted by Crippen LogP contribution is 1.93. The summed E-state index contributed by atoms with van der Waals surface area (Å²) in [6.07, 6.45) is 9.55. The van der Waals surface area contributed by atoms with Crippen LogP contribution in [0.25, 0.3) is 0 Å². The Balaban J connectivity index is 0.000000171. The van der Waals surface area contributed by atoms with Crippen LogP contribution in [0.15, 0.2) is 37.2 Å². The normalized spacial score (nSPS) is 9.47. The van der Waals surface area contributed by atoms with E-state index in [1.54, 1.807) is 18.7 Å². The lowest BCUT2D eigenvalue weighted by Crippen LogP contribution is -2.03. The summed E-state index contributed by atoms with van der Waals surface area (Å²) in [4.78, 5) is 16.6. The first-order valence-electron chi connectivity index (χ1n) is 5.26. The second-order valence-corrected chi connectivity index (χ2v) is 3.35. The van der Waals surface area contributed by atoms with Crippen LogP contribution >= 0.6 is 0 Å². The van der Waals surface area contributed by atoms with E-state index < -0.39 is 5.97 Å². The van der Waals surface area contributed by atoms with Gasteiger partial charge in [-0.15, -0.1) is 0 Å². The molecular weight excluding hydrogens is 220 g/mol. The molecular formula is C11H16N4O2. The van der Waals surface area contributed by atoms with Gasteiger partial charge >= 0.3 is 5.97 Å². The molecule has 6 heteroatoms. The monoisotopic (exact) mass is 236 g/mol. The van der Waals surface area contributed by atoms with Crippen LogP contribution in [0, 0.1) is 0 Å². The minimum atomic E-state index is -0.897. The highest BCUT2D eigenvalue weighted by atomic mass is 16.4. The number of aromatic nitrogens is 3. The van der Waals surface area contributed by atoms with Crippen LogP contribution < -0.4 is 5.73 Å². The average molecular weight is 236 g/mol. The predicted octanol–water partition coefficient (Wildman–Crippen LogP) is 0.945. The Kier molecular flexibility index (Phi) is 5.53. The number of hydrogen-bond acceptors (Lipinski definition) is 3. The van der Waals surface area contributed by atoms with Crippen LogP contribution in [-0.2, 0) is 6.54 Å². The maximum absolute atomic E-state index is 10.0. The van der Waals surface area contributed by atoms with Gasteiger partial charge in [-0.25, -0.2) is 9.78 Å². The third-order valence-corrected chi connectivity index (χ3v) is 2.02. The lowest BCUT2D eigenvalue weighted by molar-refractivity contribution is 0.0697. The Labute approximate surface area is 99.1 Å². The number of hydrogen-bond donors (Lipinski definition) is 3. The van der Waals surface area contributed by atoms with E-state index in [-0.39, 0.29) is 0 Å². The highest BCUT2D eigenvalue weighted by Gasteiger charge is 1.98. The quantitative estimate of drug-likeness (QED) is 0.736. The van der Waals surface area contributed by atoms with Crippen molar-refractivity contribution in [2.24, 2.45) is 5.73 Å². The van der Waals surface area contributed by atoms with Crippen molar-refractivity contribution in [2.75, 3.05) is 6.54 Å². The summed E-state index contributed by atoms with van der Waals surface area (Å²) >= 11 is 0. The number of carboxylic acids is 1. The van der Waals surface area contributed by atoms with E-state index in [2.05, 4.69) is 9.97 Å². The first-order chi connectivity index (χ1) is 8.24. The number of carbonyl (C=O) groups is 1. The van der Waals surface area contributed by atoms with Crippen molar-refractivity contribution in [3.63, 3.8) is 0 Å². The van der Waals surface area contributed by atoms with Crippen LogP contribution in [-0.4, -0.2) is 32.2 Å². The molecule has 0 saturated heterocycles. The van der Waals surface area contributed by atoms with Gasteiger partial charge in [-0.1, -0.05) is 0 Å². The zero-order chi connectivity index (χ0) is 12.5. The number of nitrogens with two attached hydrogens (primary N) is 1. The van der Waals surface area contributed by atoms with E-state index in [0.717, 1.165) is 19.5 Å². The van der Waals surface area contributed by atoms with Crippen molar-refractivity contribution in [1.29, 1.82) is 0 Å². The van der Waals surface area contributed by atoms with Crippen LogP contribution in [0.5, 0.6) is 0 Å². The maximum Gasteiger partial charge on any atom is 0.337 e. The van der Waals surface area contributed by atoms with Gasteiger partial charge in [-0.3, -0.25) is 0 Å². The minimum Gasteiger partial charge on any atom is -0.478 e. The third-order valence-electron chi connectivity index (χ3n) is 2.02. The summed E-state index contributed by atoms with van der Waals surface area (Å²) < 4.78 is 2.02. The summed E-state index contributed by atoms with van der Waals surface area (Å²) in [6.45, 7) is 1.73. The van der Waals surface area contributed by atoms with Crippen molar-refractivity contribution < 1.29 is 9.90 Å². The Morgan fingerprint density at radius 3 is 2.82 bits per heavy atom. The molecule has 0 spiro atoms. The van der Waals surface area contributed by atoms with Crippen molar-refractivity contribution in [2.45, 2.75) is 13.0 Å². The lowest BCUT2D eigenvalue weighted by atomic mass is 10.4. The van der Waals surface area contributed by atoms with Crippen LogP contribution in [0.2, 0.25) is 0 Å². The number of aromatic carboxylic acids is 1. The molecule has 0 radical (unpaired) electrons. The maximum atomic E-state index is 10.0. The van der Waals surface area contributed by atoms with Gasteiger partial charge in [0.15, 0.2) is 0 Å². The molecule has 2 aromatic heterocycles. The molecule has 2 aromatic rings. The topological polar surface area (TPSA) is 96.9 Å². The molecule has 0 bridgehead atoms. The summed E-state index contributed by atoms with van der Waals surface area (Å²) in [6, 6.07) is 1.50. The molecule has 92 valence electrons. The van der Waals surface area contributed by atoms with E-state index in [4.69, 9.17) is 10.8 Å². The van der Waals surface area contributed by atoms with Gasteiger partial charge in [-0.05, 0) is 19.0 Å². The van der Waals surface area contributed by atoms with E-state index in [9.17, 15) is 4.79 Å². The number of imidazole rings is 1. The van der Waals surface area contributed by atoms with Crippen molar-refractivity contribution in [3.05, 3.63) is 42.7 Å². The van der Waals surface area contributed by atoms with E-state index in [1.807, 2.05) is 10.8 Å². The molecule has 0 aromatic carbocycles. The molecule has 2 rings (SSSR count). The molecule has 4 N–H and O–H groups in total. The molecule has 17 heavy (non-hydrogen) atoms. The predicted molar refractivity (Wildman–Crippen MR) is 63.7 cm³/mol. The molecule has 0 aliphatic carbocycles. The average Bonchev–Trinajstić information content (AvgIpc) is 3.00. The Morgan fingerprint density at radius 2 is 2.41 bits per heavy atom. The first-order valence-corrected chi connectivity index (χ1v) is 5.26. The molecule has 0 amide bonds. The SMILES string of the molecule is NCCCn1ccnc1.O=C(O)c1cc[nH]c1. The van der Waals surface area contributed by atoms with Gasteiger partial charge in [0.25, 0.3) is 0 Å². The highest BCUT2D eigenvalue weighted by molar-refractivity contribution is 5.87. The molecule has 0 fully saturated rings. The summed E-state index contributed by atoms with van der Waals surface area (Å²) in [5, 5.41) is 8.25. The fourth-order valence-corrected chi connectivity index (χ4v) is 1.15. The first kappa shape index (κ1) is 13.0. The van der Waals surface area contributed by atoms with Gasteiger partial charge < -0.3 is 20.4 Å². The number of aryl methyl sites for hydroxylation is 1. The van der Waals surface area contributed by atoms with Crippen LogP contribution in [0.1, 0.15) is 16.8 Å². The van der Waals surface area contributed by atoms with Gasteiger partial charge in [0.2, 0.25) is 0 Å². The van der Waals surface area contributed by atoms with Crippen molar-refractivity contribution in [1.82, 2.24) is 14.5 Å². The van der Waals surface area contributed by atoms with Gasteiger partial charge in [0.1, 0.15) is 0 Å². The fraction of sp³-hybridized carbons (Fsp3) is 0.273. The Bertz CT molecular complexity index is 409. The number of nitrogens with one attached hydrogen (secondary N) is 1. The number of nitrogens with zero attached hydrogens (tertiary/aromatic N) is 2. The zero-order valence-corrected chi connectivity index (χ0v) is 9.41. The number of aromatic amines is 1. The van der Waals surface area contributed by atoms with Crippen molar-refractivity contribution >= 4 is 5.97 Å². The summed E-state index contributed by atoms with van der Waals surface area (Å²) in [5.41, 5.74) is 5.61. The minimum absolute atomic E-state index is 0.296. The Hall–Kier alpha value is -2.08. The summed E-state index contributed by atoms with van der Waals surface area (Å²) in [7, 11) is 0. The zero-order valence-electron chi connectivity index (χ0n) is 9.41. The second kappa shape index (κ2) is 7.24. The van der Waals surface area contributed by atoms with E-state index in [0.29, 0.717) is 5.56 Å². The Morgan fingerprint density at radius 1 is 1.59 bits per heavy atom. The number of rotatable bonds is 4. The molecule has 2 heterocycles. The second-order valence-electron chi connectivity index (χ2n) is 3.35. The third kappa shape index (κ3) is 4.98. The molecule has 0 atom stereocenters. The van der Waals surface area contributed by atoms with Gasteiger partial charge in [0, 0.05) is 31.3 Å². The van der Waals surface area contributed by atoms with Gasteiger partial charge in [0.05, 0.1) is 11.9 Å². The van der Waals surface area contributed by atoms with Gasteiger partial charge in [-0.2, -0.15) is 0 Å². The van der Waals surface area contributed by atoms with Crippen molar-refractivity contribution in [3.8, 4) is 0 Å². The molecule has 0 unspecified atom stereocenters. The fourth-order valence-electron chi connectivity index (χ4n) is 1.15. The molecule has 0 saturated carbocycles. The van der Waals surface area contributed by atoms with Crippen LogP contribution in [0.4, 0.5) is 0 Å². The van der Waals surface area contributed by atoms with E-state index in [1.165, 1.54) is 12.3 Å². The molecule has 6 nitrogen and oxygen atoms in total. The van der Waals surface area contributed by atoms with E-state index >= 15 is 0 Å². The number of carboxylic acid groups (broad SMARTS) is 1. The number of H-pyrrole nitrogens is 1. The smallest absolute Gasteiger partial charge is 0.337 e. The molecule has 0 aliphatic heterocycles. The largest absolute Gasteiger partial charge is 0.478 e. The standard InChI is InChI=1S/C6H11N3.C5H5NO2/c7-2-1-4-9-5-3-8-6-9;7-5(8)4-1-2-6-3-4/h3,5-6H,1-2,4,7H2;1-3,6H,(H,7,8).